The lowest BCUT2D eigenvalue weighted by atomic mass is 10.2. The minimum Gasteiger partial charge on any atom is -0.366 e. The molecule has 0 atom stereocenters. The van der Waals surface area contributed by atoms with Gasteiger partial charge in [-0.1, -0.05) is 6.07 Å². The van der Waals surface area contributed by atoms with E-state index < -0.39 is 0 Å². The lowest BCUT2D eigenvalue weighted by Gasteiger charge is -2.02. The number of carbonyl (C=O) groups is 1. The summed E-state index contributed by atoms with van der Waals surface area (Å²) in [6, 6.07) is 5.84. The summed E-state index contributed by atoms with van der Waals surface area (Å²) in [5, 5.41) is 5.13. The molecular weight excluding hydrogens is 246 g/mol. The van der Waals surface area contributed by atoms with Crippen LogP contribution in [0.25, 0.3) is 0 Å². The van der Waals surface area contributed by atoms with Crippen molar-refractivity contribution in [2.75, 3.05) is 6.54 Å². The van der Waals surface area contributed by atoms with Crippen molar-refractivity contribution in [3.8, 4) is 0 Å². The second-order valence-corrected chi connectivity index (χ2v) is 4.95. The van der Waals surface area contributed by atoms with Crippen molar-refractivity contribution in [2.45, 2.75) is 13.0 Å². The van der Waals surface area contributed by atoms with E-state index in [1.54, 1.807) is 22.9 Å². The molecule has 0 unspecified atom stereocenters. The minimum absolute atomic E-state index is 0.368. The first-order chi connectivity index (χ1) is 8.75. The van der Waals surface area contributed by atoms with Crippen LogP contribution in [0.4, 0.5) is 0 Å². The molecule has 2 aromatic rings. The van der Waals surface area contributed by atoms with Gasteiger partial charge in [0.05, 0.1) is 5.56 Å². The van der Waals surface area contributed by atoms with Crippen LogP contribution in [-0.2, 0) is 13.0 Å². The van der Waals surface area contributed by atoms with Crippen LogP contribution in [-0.4, -0.2) is 17.4 Å². The molecule has 3 N–H and O–H groups in total. The molecule has 4 nitrogen and oxygen atoms in total. The Balaban J connectivity index is 1.73. The van der Waals surface area contributed by atoms with E-state index in [0.717, 1.165) is 24.4 Å². The van der Waals surface area contributed by atoms with Gasteiger partial charge in [-0.05, 0) is 30.7 Å². The van der Waals surface area contributed by atoms with E-state index in [0.29, 0.717) is 5.56 Å². The first kappa shape index (κ1) is 12.7. The molecule has 2 aromatic heterocycles. The predicted octanol–water partition coefficient (Wildman–Crippen LogP) is 1.57. The largest absolute Gasteiger partial charge is 0.366 e. The van der Waals surface area contributed by atoms with E-state index in [9.17, 15) is 4.79 Å². The minimum atomic E-state index is -0.368. The maximum Gasteiger partial charge on any atom is 0.249 e. The highest BCUT2D eigenvalue weighted by Crippen LogP contribution is 2.13. The van der Waals surface area contributed by atoms with E-state index in [4.69, 9.17) is 5.73 Å². The number of carbonyl (C=O) groups excluding carboxylic acids is 1. The lowest BCUT2D eigenvalue weighted by molar-refractivity contribution is 0.100. The smallest absolute Gasteiger partial charge is 0.249 e. The molecule has 18 heavy (non-hydrogen) atoms. The van der Waals surface area contributed by atoms with E-state index in [1.807, 2.05) is 18.3 Å². The van der Waals surface area contributed by atoms with Gasteiger partial charge in [0.25, 0.3) is 0 Å². The molecule has 0 aromatic carbocycles. The molecule has 2 rings (SSSR count). The summed E-state index contributed by atoms with van der Waals surface area (Å²) < 4.78 is 0. The average molecular weight is 261 g/mol. The van der Waals surface area contributed by atoms with Gasteiger partial charge >= 0.3 is 0 Å². The van der Waals surface area contributed by atoms with E-state index >= 15 is 0 Å². The van der Waals surface area contributed by atoms with Crippen LogP contribution in [0.3, 0.4) is 0 Å². The summed E-state index contributed by atoms with van der Waals surface area (Å²) in [6.45, 7) is 1.65. The number of aromatic nitrogens is 1. The van der Waals surface area contributed by atoms with Gasteiger partial charge in [0, 0.05) is 29.2 Å². The van der Waals surface area contributed by atoms with Crippen molar-refractivity contribution >= 4 is 17.2 Å². The summed E-state index contributed by atoms with van der Waals surface area (Å²) in [7, 11) is 0. The first-order valence-corrected chi connectivity index (χ1v) is 6.60. The van der Waals surface area contributed by atoms with E-state index in [1.165, 1.54) is 5.56 Å². The molecular formula is C13H15N3OS. The van der Waals surface area contributed by atoms with Gasteiger partial charge in [-0.3, -0.25) is 9.78 Å². The maximum absolute atomic E-state index is 10.9. The van der Waals surface area contributed by atoms with Crippen molar-refractivity contribution in [2.24, 2.45) is 5.73 Å². The topological polar surface area (TPSA) is 68.0 Å². The number of hydrogen-bond acceptors (Lipinski definition) is 4. The van der Waals surface area contributed by atoms with Crippen molar-refractivity contribution in [1.29, 1.82) is 0 Å². The Labute approximate surface area is 110 Å². The molecule has 1 amide bonds. The summed E-state index contributed by atoms with van der Waals surface area (Å²) in [4.78, 5) is 16.1. The summed E-state index contributed by atoms with van der Waals surface area (Å²) in [5.41, 5.74) is 7.00. The second kappa shape index (κ2) is 6.28. The van der Waals surface area contributed by atoms with E-state index in [2.05, 4.69) is 16.4 Å². The van der Waals surface area contributed by atoms with Gasteiger partial charge in [0.15, 0.2) is 0 Å². The Bertz CT molecular complexity index is 510. The van der Waals surface area contributed by atoms with Gasteiger partial charge in [-0.25, -0.2) is 0 Å². The van der Waals surface area contributed by atoms with Crippen molar-refractivity contribution in [1.82, 2.24) is 10.3 Å². The zero-order valence-corrected chi connectivity index (χ0v) is 10.7. The number of primary amides is 1. The fourth-order valence-electron chi connectivity index (χ4n) is 1.59. The quantitative estimate of drug-likeness (QED) is 0.776. The highest BCUT2D eigenvalue weighted by atomic mass is 32.1. The van der Waals surface area contributed by atoms with Crippen LogP contribution < -0.4 is 11.1 Å². The van der Waals surface area contributed by atoms with Crippen LogP contribution in [0, 0.1) is 0 Å². The molecule has 5 heteroatoms. The molecule has 0 saturated heterocycles. The summed E-state index contributed by atoms with van der Waals surface area (Å²) in [6.07, 6.45) is 4.59. The maximum atomic E-state index is 10.9. The van der Waals surface area contributed by atoms with Gasteiger partial charge in [-0.2, -0.15) is 0 Å². The van der Waals surface area contributed by atoms with E-state index in [-0.39, 0.29) is 5.91 Å². The Hall–Kier alpha value is -1.72. The highest BCUT2D eigenvalue weighted by Gasteiger charge is 2.03. The third kappa shape index (κ3) is 3.65. The number of amides is 1. The Morgan fingerprint density at radius 1 is 1.50 bits per heavy atom. The fraction of sp³-hybridized carbons (Fsp3) is 0.231. The Morgan fingerprint density at radius 2 is 2.39 bits per heavy atom. The van der Waals surface area contributed by atoms with Gasteiger partial charge in [-0.15, -0.1) is 11.3 Å². The third-order valence-corrected chi connectivity index (χ3v) is 3.49. The number of pyridine rings is 1. The number of hydrogen-bond donors (Lipinski definition) is 2. The van der Waals surface area contributed by atoms with Gasteiger partial charge in [0.2, 0.25) is 5.91 Å². The summed E-state index contributed by atoms with van der Waals surface area (Å²) in [5.74, 6) is -0.368. The summed E-state index contributed by atoms with van der Waals surface area (Å²) >= 11 is 1.55. The number of nitrogens with two attached hydrogens (primary N) is 1. The average Bonchev–Trinajstić information content (AvgIpc) is 2.85. The van der Waals surface area contributed by atoms with Crippen LogP contribution in [0.15, 0.2) is 36.0 Å². The van der Waals surface area contributed by atoms with Crippen LogP contribution >= 0.6 is 11.3 Å². The van der Waals surface area contributed by atoms with Gasteiger partial charge < -0.3 is 11.1 Å². The predicted molar refractivity (Wildman–Crippen MR) is 72.5 cm³/mol. The molecule has 0 bridgehead atoms. The molecule has 0 spiro atoms. The number of nitrogens with one attached hydrogen (secondary N) is 1. The molecule has 0 radical (unpaired) electrons. The monoisotopic (exact) mass is 261 g/mol. The fourth-order valence-corrected chi connectivity index (χ4v) is 2.44. The molecule has 0 saturated carbocycles. The van der Waals surface area contributed by atoms with Crippen LogP contribution in [0.5, 0.6) is 0 Å². The first-order valence-electron chi connectivity index (χ1n) is 5.72. The number of nitrogens with zero attached hydrogens (tertiary/aromatic N) is 1. The van der Waals surface area contributed by atoms with Crippen molar-refractivity contribution in [3.63, 3.8) is 0 Å². The molecule has 0 aliphatic heterocycles. The zero-order valence-electron chi connectivity index (χ0n) is 9.93. The standard InChI is InChI=1S/C13H15N3OS/c14-13(17)11-6-12(18-9-11)8-16-5-3-10-2-1-4-15-7-10/h1-2,4,6-7,9,16H,3,5,8H2,(H2,14,17). The Morgan fingerprint density at radius 3 is 3.06 bits per heavy atom. The normalized spacial score (nSPS) is 10.4. The zero-order chi connectivity index (χ0) is 12.8. The van der Waals surface area contributed by atoms with Crippen LogP contribution in [0.2, 0.25) is 0 Å². The third-order valence-electron chi connectivity index (χ3n) is 2.55. The molecule has 2 heterocycles. The lowest BCUT2D eigenvalue weighted by Crippen LogP contribution is -2.16. The second-order valence-electron chi connectivity index (χ2n) is 3.95. The SMILES string of the molecule is NC(=O)c1csc(CNCCc2cccnc2)c1. The van der Waals surface area contributed by atoms with Crippen LogP contribution in [0.1, 0.15) is 20.8 Å². The highest BCUT2D eigenvalue weighted by molar-refractivity contribution is 7.10. The van der Waals surface area contributed by atoms with Crippen molar-refractivity contribution < 1.29 is 4.79 Å². The molecule has 0 fully saturated rings. The number of rotatable bonds is 6. The van der Waals surface area contributed by atoms with Gasteiger partial charge in [0.1, 0.15) is 0 Å². The van der Waals surface area contributed by atoms with Crippen molar-refractivity contribution in [3.05, 3.63) is 52.0 Å². The molecule has 94 valence electrons. The number of thiophene rings is 1. The Kier molecular flexibility index (Phi) is 4.44. The molecule has 0 aliphatic rings. The molecule has 0 aliphatic carbocycles.